The standard InChI is InChI=1S/C14H18N6/c1-9-17-13(19-18-9)10-6-20(7-10)14-11-4-2-3-5-12(11)15-8-16-14/h8,10H,2-7H2,1H3,(H,17,18,19). The van der Waals surface area contributed by atoms with E-state index >= 15 is 0 Å². The second-order valence-electron chi connectivity index (χ2n) is 5.71. The predicted octanol–water partition coefficient (Wildman–Crippen LogP) is 1.39. The molecule has 1 N–H and O–H groups in total. The summed E-state index contributed by atoms with van der Waals surface area (Å²) in [6.45, 7) is 3.86. The van der Waals surface area contributed by atoms with Crippen molar-refractivity contribution in [2.24, 2.45) is 0 Å². The van der Waals surface area contributed by atoms with E-state index in [0.29, 0.717) is 5.92 Å². The van der Waals surface area contributed by atoms with Gasteiger partial charge in [0, 0.05) is 24.3 Å². The van der Waals surface area contributed by atoms with E-state index in [4.69, 9.17) is 0 Å². The fraction of sp³-hybridized carbons (Fsp3) is 0.571. The van der Waals surface area contributed by atoms with E-state index in [2.05, 4.69) is 30.0 Å². The van der Waals surface area contributed by atoms with Crippen LogP contribution in [0.25, 0.3) is 0 Å². The summed E-state index contributed by atoms with van der Waals surface area (Å²) in [7, 11) is 0. The van der Waals surface area contributed by atoms with Crippen molar-refractivity contribution in [2.75, 3.05) is 18.0 Å². The lowest BCUT2D eigenvalue weighted by molar-refractivity contribution is 0.493. The van der Waals surface area contributed by atoms with Gasteiger partial charge in [0.05, 0.1) is 5.92 Å². The summed E-state index contributed by atoms with van der Waals surface area (Å²) in [5.41, 5.74) is 2.61. The topological polar surface area (TPSA) is 70.6 Å². The van der Waals surface area contributed by atoms with Crippen molar-refractivity contribution >= 4 is 5.82 Å². The predicted molar refractivity (Wildman–Crippen MR) is 74.7 cm³/mol. The van der Waals surface area contributed by atoms with Crippen LogP contribution in [0.3, 0.4) is 0 Å². The summed E-state index contributed by atoms with van der Waals surface area (Å²) in [4.78, 5) is 15.7. The Bertz CT molecular complexity index is 628. The monoisotopic (exact) mass is 270 g/mol. The Morgan fingerprint density at radius 2 is 2.05 bits per heavy atom. The number of hydrogen-bond acceptors (Lipinski definition) is 5. The molecule has 1 aliphatic heterocycles. The van der Waals surface area contributed by atoms with E-state index < -0.39 is 0 Å². The summed E-state index contributed by atoms with van der Waals surface area (Å²) in [5, 5.41) is 7.17. The number of aromatic nitrogens is 5. The van der Waals surface area contributed by atoms with Gasteiger partial charge in [0.1, 0.15) is 18.0 Å². The first kappa shape index (κ1) is 11.8. The SMILES string of the molecule is Cc1nc(C2CN(c3ncnc4c3CCCC4)C2)n[nH]1. The second-order valence-corrected chi connectivity index (χ2v) is 5.71. The molecule has 6 nitrogen and oxygen atoms in total. The zero-order valence-electron chi connectivity index (χ0n) is 11.6. The first-order valence-electron chi connectivity index (χ1n) is 7.28. The minimum Gasteiger partial charge on any atom is -0.355 e. The Kier molecular flexibility index (Phi) is 2.68. The number of hydrogen-bond donors (Lipinski definition) is 1. The molecule has 1 aliphatic carbocycles. The number of aromatic amines is 1. The first-order valence-corrected chi connectivity index (χ1v) is 7.28. The van der Waals surface area contributed by atoms with E-state index in [0.717, 1.165) is 43.4 Å². The number of nitrogens with one attached hydrogen (secondary N) is 1. The molecule has 0 atom stereocenters. The lowest BCUT2D eigenvalue weighted by Crippen LogP contribution is -2.46. The van der Waals surface area contributed by atoms with Crippen LogP contribution in [0.1, 0.15) is 41.7 Å². The average Bonchev–Trinajstić information content (AvgIpc) is 2.84. The summed E-state index contributed by atoms with van der Waals surface area (Å²) in [6, 6.07) is 0. The molecule has 0 aromatic carbocycles. The molecule has 0 radical (unpaired) electrons. The Labute approximate surface area is 117 Å². The smallest absolute Gasteiger partial charge is 0.157 e. The van der Waals surface area contributed by atoms with Crippen LogP contribution in [-0.2, 0) is 12.8 Å². The molecule has 0 saturated carbocycles. The van der Waals surface area contributed by atoms with Gasteiger partial charge >= 0.3 is 0 Å². The van der Waals surface area contributed by atoms with Crippen molar-refractivity contribution in [1.29, 1.82) is 0 Å². The number of fused-ring (bicyclic) bond motifs is 1. The molecule has 104 valence electrons. The van der Waals surface area contributed by atoms with Crippen LogP contribution in [0.2, 0.25) is 0 Å². The van der Waals surface area contributed by atoms with Crippen LogP contribution < -0.4 is 4.90 Å². The van der Waals surface area contributed by atoms with E-state index in [1.165, 1.54) is 24.1 Å². The van der Waals surface area contributed by atoms with Crippen LogP contribution in [0.15, 0.2) is 6.33 Å². The molecule has 3 heterocycles. The van der Waals surface area contributed by atoms with Crippen LogP contribution in [0, 0.1) is 6.92 Å². The molecule has 1 saturated heterocycles. The van der Waals surface area contributed by atoms with Crippen molar-refractivity contribution in [2.45, 2.75) is 38.5 Å². The zero-order chi connectivity index (χ0) is 13.5. The maximum absolute atomic E-state index is 4.51. The molecule has 0 unspecified atom stereocenters. The van der Waals surface area contributed by atoms with Crippen LogP contribution in [0.5, 0.6) is 0 Å². The fourth-order valence-electron chi connectivity index (χ4n) is 3.13. The van der Waals surface area contributed by atoms with Crippen molar-refractivity contribution in [3.63, 3.8) is 0 Å². The van der Waals surface area contributed by atoms with E-state index in [1.807, 2.05) is 6.92 Å². The molecule has 0 amide bonds. The third-order valence-electron chi connectivity index (χ3n) is 4.26. The molecule has 2 aromatic heterocycles. The van der Waals surface area contributed by atoms with E-state index in [-0.39, 0.29) is 0 Å². The molecule has 6 heteroatoms. The highest BCUT2D eigenvalue weighted by Crippen LogP contribution is 2.33. The maximum Gasteiger partial charge on any atom is 0.157 e. The lowest BCUT2D eigenvalue weighted by atomic mass is 9.93. The summed E-state index contributed by atoms with van der Waals surface area (Å²) >= 11 is 0. The number of aryl methyl sites for hydroxylation is 2. The quantitative estimate of drug-likeness (QED) is 0.893. The van der Waals surface area contributed by atoms with Crippen LogP contribution in [0.4, 0.5) is 5.82 Å². The Balaban J connectivity index is 1.53. The van der Waals surface area contributed by atoms with Crippen molar-refractivity contribution in [3.05, 3.63) is 29.2 Å². The van der Waals surface area contributed by atoms with Gasteiger partial charge in [0.15, 0.2) is 5.82 Å². The van der Waals surface area contributed by atoms with E-state index in [9.17, 15) is 0 Å². The fourth-order valence-corrected chi connectivity index (χ4v) is 3.13. The summed E-state index contributed by atoms with van der Waals surface area (Å²) < 4.78 is 0. The molecule has 4 rings (SSSR count). The van der Waals surface area contributed by atoms with E-state index in [1.54, 1.807) is 6.33 Å². The minimum atomic E-state index is 0.425. The number of rotatable bonds is 2. The summed E-state index contributed by atoms with van der Waals surface area (Å²) in [5.74, 6) is 3.38. The normalized spacial score (nSPS) is 18.8. The maximum atomic E-state index is 4.51. The number of nitrogens with zero attached hydrogens (tertiary/aromatic N) is 5. The van der Waals surface area contributed by atoms with Crippen LogP contribution in [-0.4, -0.2) is 38.2 Å². The van der Waals surface area contributed by atoms with Crippen LogP contribution >= 0.6 is 0 Å². The highest BCUT2D eigenvalue weighted by Gasteiger charge is 2.33. The average molecular weight is 270 g/mol. The molecule has 2 aromatic rings. The van der Waals surface area contributed by atoms with Crippen molar-refractivity contribution in [3.8, 4) is 0 Å². The third-order valence-corrected chi connectivity index (χ3v) is 4.26. The Morgan fingerprint density at radius 1 is 1.20 bits per heavy atom. The lowest BCUT2D eigenvalue weighted by Gasteiger charge is -2.40. The van der Waals surface area contributed by atoms with Gasteiger partial charge < -0.3 is 4.90 Å². The zero-order valence-corrected chi connectivity index (χ0v) is 11.6. The molecule has 1 fully saturated rings. The first-order chi connectivity index (χ1) is 9.81. The molecule has 20 heavy (non-hydrogen) atoms. The Hall–Kier alpha value is -1.98. The molecule has 0 spiro atoms. The van der Waals surface area contributed by atoms with Gasteiger partial charge in [0.2, 0.25) is 0 Å². The molecular weight excluding hydrogens is 252 g/mol. The van der Waals surface area contributed by atoms with Gasteiger partial charge in [-0.15, -0.1) is 0 Å². The highest BCUT2D eigenvalue weighted by atomic mass is 15.3. The molecule has 0 bridgehead atoms. The third kappa shape index (κ3) is 1.87. The van der Waals surface area contributed by atoms with Crippen molar-refractivity contribution in [1.82, 2.24) is 25.1 Å². The van der Waals surface area contributed by atoms with Crippen molar-refractivity contribution < 1.29 is 0 Å². The largest absolute Gasteiger partial charge is 0.355 e. The highest BCUT2D eigenvalue weighted by molar-refractivity contribution is 5.52. The van der Waals surface area contributed by atoms with Gasteiger partial charge in [-0.05, 0) is 32.6 Å². The number of H-pyrrole nitrogens is 1. The minimum absolute atomic E-state index is 0.425. The van der Waals surface area contributed by atoms with Gasteiger partial charge in [-0.1, -0.05) is 0 Å². The molecular formula is C14H18N6. The number of anilines is 1. The van der Waals surface area contributed by atoms with Gasteiger partial charge in [0.25, 0.3) is 0 Å². The summed E-state index contributed by atoms with van der Waals surface area (Å²) in [6.07, 6.45) is 6.44. The Morgan fingerprint density at radius 3 is 2.85 bits per heavy atom. The molecule has 2 aliphatic rings. The van der Waals surface area contributed by atoms with Gasteiger partial charge in [-0.25, -0.2) is 15.0 Å². The second kappa shape index (κ2) is 4.54. The van der Waals surface area contributed by atoms with Gasteiger partial charge in [-0.2, -0.15) is 5.10 Å². The van der Waals surface area contributed by atoms with Gasteiger partial charge in [-0.3, -0.25) is 5.10 Å².